The zero-order valence-corrected chi connectivity index (χ0v) is 12.9. The van der Waals surface area contributed by atoms with Crippen molar-refractivity contribution in [2.75, 3.05) is 19.7 Å². The summed E-state index contributed by atoms with van der Waals surface area (Å²) in [7, 11) is 0. The normalized spacial score (nSPS) is 22.9. The van der Waals surface area contributed by atoms with Gasteiger partial charge in [-0.15, -0.1) is 0 Å². The number of hydrogen-bond donors (Lipinski definition) is 2. The van der Waals surface area contributed by atoms with E-state index in [0.29, 0.717) is 25.9 Å². The fourth-order valence-electron chi connectivity index (χ4n) is 2.64. The molecule has 1 rings (SSSR count). The first-order chi connectivity index (χ1) is 9.47. The molecule has 1 fully saturated rings. The molecule has 0 bridgehead atoms. The minimum absolute atomic E-state index is 0.0102. The number of piperidine rings is 1. The predicted molar refractivity (Wildman–Crippen MR) is 78.1 cm³/mol. The van der Waals surface area contributed by atoms with Crippen molar-refractivity contribution in [1.29, 1.82) is 0 Å². The van der Waals surface area contributed by atoms with E-state index < -0.39 is 0 Å². The van der Waals surface area contributed by atoms with E-state index in [-0.39, 0.29) is 36.3 Å². The molecule has 1 aliphatic heterocycles. The molecule has 1 saturated heterocycles. The van der Waals surface area contributed by atoms with Gasteiger partial charge in [-0.3, -0.25) is 9.59 Å². The van der Waals surface area contributed by atoms with Crippen molar-refractivity contribution in [3.05, 3.63) is 0 Å². The lowest BCUT2D eigenvalue weighted by Gasteiger charge is -2.38. The van der Waals surface area contributed by atoms with Crippen LogP contribution >= 0.6 is 0 Å². The monoisotopic (exact) mass is 284 g/mol. The molecule has 1 heterocycles. The van der Waals surface area contributed by atoms with Crippen LogP contribution in [-0.2, 0) is 9.59 Å². The quantitative estimate of drug-likeness (QED) is 0.769. The van der Waals surface area contributed by atoms with Gasteiger partial charge < -0.3 is 15.3 Å². The van der Waals surface area contributed by atoms with Crippen LogP contribution in [0.25, 0.3) is 0 Å². The van der Waals surface area contributed by atoms with E-state index in [1.165, 1.54) is 0 Å². The van der Waals surface area contributed by atoms with Crippen LogP contribution < -0.4 is 5.32 Å². The first-order valence-corrected chi connectivity index (χ1v) is 7.66. The molecule has 2 amide bonds. The summed E-state index contributed by atoms with van der Waals surface area (Å²) in [6.45, 7) is 7.15. The Balaban J connectivity index is 2.64. The summed E-state index contributed by atoms with van der Waals surface area (Å²) in [5.74, 6) is 0.404. The van der Waals surface area contributed by atoms with Crippen LogP contribution in [0.3, 0.4) is 0 Å². The Morgan fingerprint density at radius 3 is 2.60 bits per heavy atom. The Bertz CT molecular complexity index is 331. The maximum Gasteiger partial charge on any atom is 0.222 e. The van der Waals surface area contributed by atoms with Crippen molar-refractivity contribution in [2.45, 2.75) is 52.5 Å². The highest BCUT2D eigenvalue weighted by molar-refractivity contribution is 5.79. The number of carbonyl (C=O) groups excluding carboxylic acids is 2. The Labute approximate surface area is 121 Å². The minimum Gasteiger partial charge on any atom is -0.396 e. The molecule has 2 unspecified atom stereocenters. The second-order valence-electron chi connectivity index (χ2n) is 6.02. The van der Waals surface area contributed by atoms with Crippen LogP contribution in [0.2, 0.25) is 0 Å². The van der Waals surface area contributed by atoms with Gasteiger partial charge in [-0.25, -0.2) is 0 Å². The molecular weight excluding hydrogens is 256 g/mol. The molecule has 1 aliphatic rings. The molecule has 0 spiro atoms. The molecule has 2 atom stereocenters. The fourth-order valence-corrected chi connectivity index (χ4v) is 2.64. The first kappa shape index (κ1) is 17.0. The van der Waals surface area contributed by atoms with Crippen LogP contribution in [0.5, 0.6) is 0 Å². The van der Waals surface area contributed by atoms with Crippen molar-refractivity contribution in [3.63, 3.8) is 0 Å². The molecular formula is C15H28N2O3. The van der Waals surface area contributed by atoms with E-state index >= 15 is 0 Å². The summed E-state index contributed by atoms with van der Waals surface area (Å²) in [5, 5.41) is 12.1. The maximum atomic E-state index is 12.1. The molecule has 5 nitrogen and oxygen atoms in total. The summed E-state index contributed by atoms with van der Waals surface area (Å²) in [4.78, 5) is 25.7. The number of amides is 2. The topological polar surface area (TPSA) is 69.6 Å². The van der Waals surface area contributed by atoms with E-state index in [1.54, 1.807) is 0 Å². The number of aliphatic hydroxyl groups excluding tert-OH is 1. The van der Waals surface area contributed by atoms with E-state index in [4.69, 9.17) is 5.11 Å². The van der Waals surface area contributed by atoms with Gasteiger partial charge >= 0.3 is 0 Å². The molecule has 0 aromatic heterocycles. The number of nitrogens with one attached hydrogen (secondary N) is 1. The summed E-state index contributed by atoms with van der Waals surface area (Å²) in [6.07, 6.45) is 2.92. The van der Waals surface area contributed by atoms with Crippen LogP contribution in [0, 0.1) is 11.8 Å². The highest BCUT2D eigenvalue weighted by atomic mass is 16.3. The Morgan fingerprint density at radius 2 is 2.05 bits per heavy atom. The predicted octanol–water partition coefficient (Wildman–Crippen LogP) is 1.16. The zero-order chi connectivity index (χ0) is 15.1. The first-order valence-electron chi connectivity index (χ1n) is 7.66. The number of rotatable bonds is 6. The second-order valence-corrected chi connectivity index (χ2v) is 6.02. The Morgan fingerprint density at radius 1 is 1.35 bits per heavy atom. The van der Waals surface area contributed by atoms with Crippen molar-refractivity contribution >= 4 is 11.8 Å². The van der Waals surface area contributed by atoms with E-state index in [0.717, 1.165) is 12.8 Å². The highest BCUT2D eigenvalue weighted by Gasteiger charge is 2.30. The van der Waals surface area contributed by atoms with Crippen molar-refractivity contribution in [2.24, 2.45) is 11.8 Å². The highest BCUT2D eigenvalue weighted by Crippen LogP contribution is 2.21. The van der Waals surface area contributed by atoms with Gasteiger partial charge in [-0.1, -0.05) is 20.8 Å². The standard InChI is InChI=1S/C15H28N2O3/c1-4-5-14(19)17-9-12(6-7-18)8-13(10-17)16-15(20)11(2)3/h11-13,18H,4-10H2,1-3H3,(H,16,20). The maximum absolute atomic E-state index is 12.1. The molecule has 116 valence electrons. The van der Waals surface area contributed by atoms with E-state index in [2.05, 4.69) is 5.32 Å². The lowest BCUT2D eigenvalue weighted by Crippen LogP contribution is -2.53. The smallest absolute Gasteiger partial charge is 0.222 e. The van der Waals surface area contributed by atoms with Crippen LogP contribution in [0.1, 0.15) is 46.5 Å². The van der Waals surface area contributed by atoms with Gasteiger partial charge in [-0.2, -0.15) is 0 Å². The number of hydrogen-bond acceptors (Lipinski definition) is 3. The van der Waals surface area contributed by atoms with Gasteiger partial charge in [0.1, 0.15) is 0 Å². The van der Waals surface area contributed by atoms with Crippen molar-refractivity contribution in [3.8, 4) is 0 Å². The average molecular weight is 284 g/mol. The molecule has 0 aromatic carbocycles. The number of carbonyl (C=O) groups is 2. The molecule has 0 saturated carbocycles. The Kier molecular flexibility index (Phi) is 6.99. The van der Waals surface area contributed by atoms with Gasteiger partial charge in [0.15, 0.2) is 0 Å². The van der Waals surface area contributed by atoms with Crippen LogP contribution in [0.4, 0.5) is 0 Å². The van der Waals surface area contributed by atoms with Crippen LogP contribution in [-0.4, -0.2) is 47.6 Å². The second kappa shape index (κ2) is 8.25. The third kappa shape index (κ3) is 5.12. The van der Waals surface area contributed by atoms with Gasteiger partial charge in [0.05, 0.1) is 0 Å². The molecule has 20 heavy (non-hydrogen) atoms. The van der Waals surface area contributed by atoms with Gasteiger partial charge in [-0.05, 0) is 25.2 Å². The number of nitrogens with zero attached hydrogens (tertiary/aromatic N) is 1. The lowest BCUT2D eigenvalue weighted by molar-refractivity contribution is -0.135. The number of likely N-dealkylation sites (tertiary alicyclic amines) is 1. The molecule has 5 heteroatoms. The lowest BCUT2D eigenvalue weighted by atomic mass is 9.91. The third-order valence-electron chi connectivity index (χ3n) is 3.76. The molecule has 0 radical (unpaired) electrons. The molecule has 2 N–H and O–H groups in total. The molecule has 0 aliphatic carbocycles. The average Bonchev–Trinajstić information content (AvgIpc) is 2.39. The summed E-state index contributed by atoms with van der Waals surface area (Å²) in [5.41, 5.74) is 0. The summed E-state index contributed by atoms with van der Waals surface area (Å²) in [6, 6.07) is 0.0102. The number of aliphatic hydroxyl groups is 1. The summed E-state index contributed by atoms with van der Waals surface area (Å²) < 4.78 is 0. The van der Waals surface area contributed by atoms with Gasteiger partial charge in [0.25, 0.3) is 0 Å². The van der Waals surface area contributed by atoms with Crippen molar-refractivity contribution in [1.82, 2.24) is 10.2 Å². The Hall–Kier alpha value is -1.10. The van der Waals surface area contributed by atoms with E-state index in [1.807, 2.05) is 25.7 Å². The fraction of sp³-hybridized carbons (Fsp3) is 0.867. The SMILES string of the molecule is CCCC(=O)N1CC(CCO)CC(NC(=O)C(C)C)C1. The summed E-state index contributed by atoms with van der Waals surface area (Å²) >= 11 is 0. The van der Waals surface area contributed by atoms with Gasteiger partial charge in [0.2, 0.25) is 11.8 Å². The van der Waals surface area contributed by atoms with Gasteiger partial charge in [0, 0.05) is 38.1 Å². The zero-order valence-electron chi connectivity index (χ0n) is 12.9. The largest absolute Gasteiger partial charge is 0.396 e. The minimum atomic E-state index is -0.0481. The van der Waals surface area contributed by atoms with Crippen molar-refractivity contribution < 1.29 is 14.7 Å². The third-order valence-corrected chi connectivity index (χ3v) is 3.76. The van der Waals surface area contributed by atoms with Crippen LogP contribution in [0.15, 0.2) is 0 Å². The molecule has 0 aromatic rings. The van der Waals surface area contributed by atoms with E-state index in [9.17, 15) is 9.59 Å².